The van der Waals surface area contributed by atoms with E-state index in [0.717, 1.165) is 6.42 Å². The Kier molecular flexibility index (Phi) is 2.08. The van der Waals surface area contributed by atoms with Crippen LogP contribution in [0.5, 0.6) is 0 Å². The molecule has 1 fully saturated rings. The first-order valence-electron chi connectivity index (χ1n) is 4.05. The third kappa shape index (κ3) is 1.07. The lowest BCUT2D eigenvalue weighted by atomic mass is 9.75. The summed E-state index contributed by atoms with van der Waals surface area (Å²) < 4.78 is 0. The lowest BCUT2D eigenvalue weighted by Crippen LogP contribution is -2.61. The Bertz CT molecular complexity index is 221. The number of likely N-dealkylation sites (N-methyl/N-ethyl adjacent to an activating group) is 1. The van der Waals surface area contributed by atoms with Gasteiger partial charge in [-0.05, 0) is 19.3 Å². The first-order chi connectivity index (χ1) is 5.50. The molecule has 68 valence electrons. The molecule has 1 saturated carbocycles. The normalized spacial score (nSPS) is 19.5. The Morgan fingerprint density at radius 2 is 1.92 bits per heavy atom. The van der Waals surface area contributed by atoms with Crippen molar-refractivity contribution in [1.82, 2.24) is 4.90 Å². The van der Waals surface area contributed by atoms with Crippen LogP contribution in [-0.4, -0.2) is 29.3 Å². The molecule has 0 spiro atoms. The summed E-state index contributed by atoms with van der Waals surface area (Å²) in [7, 11) is 1.63. The van der Waals surface area contributed by atoms with Crippen LogP contribution in [0.4, 0.5) is 0 Å². The van der Waals surface area contributed by atoms with Crippen LogP contribution in [0.25, 0.3) is 0 Å². The first-order valence-corrected chi connectivity index (χ1v) is 4.05. The van der Waals surface area contributed by atoms with Crippen LogP contribution >= 0.6 is 0 Å². The van der Waals surface area contributed by atoms with Crippen LogP contribution in [-0.2, 0) is 9.59 Å². The van der Waals surface area contributed by atoms with Gasteiger partial charge in [0.1, 0.15) is 5.54 Å². The second-order valence-electron chi connectivity index (χ2n) is 3.33. The van der Waals surface area contributed by atoms with E-state index < -0.39 is 5.54 Å². The average Bonchev–Trinajstić information content (AvgIpc) is 1.83. The van der Waals surface area contributed by atoms with Crippen molar-refractivity contribution in [3.63, 3.8) is 0 Å². The van der Waals surface area contributed by atoms with Crippen LogP contribution < -0.4 is 5.73 Å². The molecular weight excluding hydrogens is 156 g/mol. The number of nitrogens with two attached hydrogens (primary N) is 1. The predicted octanol–water partition coefficient (Wildman–Crippen LogP) is -0.127. The van der Waals surface area contributed by atoms with E-state index in [1.165, 1.54) is 11.8 Å². The highest BCUT2D eigenvalue weighted by Gasteiger charge is 2.47. The van der Waals surface area contributed by atoms with Gasteiger partial charge in [-0.3, -0.25) is 9.59 Å². The molecule has 0 atom stereocenters. The van der Waals surface area contributed by atoms with E-state index in [9.17, 15) is 9.59 Å². The van der Waals surface area contributed by atoms with Crippen molar-refractivity contribution >= 4 is 11.8 Å². The van der Waals surface area contributed by atoms with E-state index in [0.29, 0.717) is 12.8 Å². The summed E-state index contributed by atoms with van der Waals surface area (Å²) in [6.45, 7) is 1.45. The van der Waals surface area contributed by atoms with Crippen LogP contribution in [0.3, 0.4) is 0 Å². The van der Waals surface area contributed by atoms with Crippen molar-refractivity contribution in [1.29, 1.82) is 0 Å². The molecule has 0 aliphatic heterocycles. The zero-order valence-corrected chi connectivity index (χ0v) is 7.46. The van der Waals surface area contributed by atoms with Crippen LogP contribution in [0, 0.1) is 0 Å². The summed E-state index contributed by atoms with van der Waals surface area (Å²) >= 11 is 0. The molecule has 4 heteroatoms. The zero-order chi connectivity index (χ0) is 9.35. The van der Waals surface area contributed by atoms with Crippen molar-refractivity contribution in [2.45, 2.75) is 31.7 Å². The number of primary amides is 1. The number of nitrogens with zero attached hydrogens (tertiary/aromatic N) is 1. The largest absolute Gasteiger partial charge is 0.368 e. The summed E-state index contributed by atoms with van der Waals surface area (Å²) in [5, 5.41) is 0. The van der Waals surface area contributed by atoms with Gasteiger partial charge in [0.15, 0.2) is 0 Å². The average molecular weight is 170 g/mol. The minimum Gasteiger partial charge on any atom is -0.368 e. The molecule has 2 amide bonds. The second-order valence-corrected chi connectivity index (χ2v) is 3.33. The maximum Gasteiger partial charge on any atom is 0.243 e. The van der Waals surface area contributed by atoms with Crippen LogP contribution in [0.1, 0.15) is 26.2 Å². The lowest BCUT2D eigenvalue weighted by Gasteiger charge is -2.45. The molecule has 0 bridgehead atoms. The summed E-state index contributed by atoms with van der Waals surface area (Å²) in [4.78, 5) is 23.5. The van der Waals surface area contributed by atoms with Gasteiger partial charge in [0.25, 0.3) is 0 Å². The van der Waals surface area contributed by atoms with Crippen molar-refractivity contribution in [3.8, 4) is 0 Å². The Labute approximate surface area is 71.7 Å². The topological polar surface area (TPSA) is 63.4 Å². The highest BCUT2D eigenvalue weighted by atomic mass is 16.2. The van der Waals surface area contributed by atoms with Crippen molar-refractivity contribution in [2.75, 3.05) is 7.05 Å². The van der Waals surface area contributed by atoms with E-state index >= 15 is 0 Å². The first kappa shape index (κ1) is 9.03. The molecule has 1 aliphatic rings. The molecule has 0 unspecified atom stereocenters. The Hall–Kier alpha value is -1.06. The number of hydrogen-bond acceptors (Lipinski definition) is 2. The monoisotopic (exact) mass is 170 g/mol. The molecule has 4 nitrogen and oxygen atoms in total. The van der Waals surface area contributed by atoms with Gasteiger partial charge in [0, 0.05) is 14.0 Å². The van der Waals surface area contributed by atoms with Gasteiger partial charge in [-0.2, -0.15) is 0 Å². The van der Waals surface area contributed by atoms with Crippen LogP contribution in [0.2, 0.25) is 0 Å². The molecular formula is C8H14N2O2. The minimum atomic E-state index is -0.675. The molecule has 0 aromatic heterocycles. The number of rotatable bonds is 2. The van der Waals surface area contributed by atoms with E-state index in [4.69, 9.17) is 5.73 Å². The SMILES string of the molecule is CC(=O)N(C)C1(C(N)=O)CCC1. The van der Waals surface area contributed by atoms with Gasteiger partial charge in [0.05, 0.1) is 0 Å². The smallest absolute Gasteiger partial charge is 0.243 e. The van der Waals surface area contributed by atoms with E-state index in [1.54, 1.807) is 7.05 Å². The molecule has 0 aromatic carbocycles. The maximum atomic E-state index is 11.1. The van der Waals surface area contributed by atoms with Gasteiger partial charge in [-0.1, -0.05) is 0 Å². The van der Waals surface area contributed by atoms with E-state index in [-0.39, 0.29) is 11.8 Å². The summed E-state index contributed by atoms with van der Waals surface area (Å²) in [5.74, 6) is -0.486. The Morgan fingerprint density at radius 3 is 2.00 bits per heavy atom. The molecule has 0 radical (unpaired) electrons. The molecule has 1 rings (SSSR count). The zero-order valence-electron chi connectivity index (χ0n) is 7.46. The van der Waals surface area contributed by atoms with Gasteiger partial charge in [0.2, 0.25) is 11.8 Å². The molecule has 2 N–H and O–H groups in total. The third-order valence-corrected chi connectivity index (χ3v) is 2.75. The fraction of sp³-hybridized carbons (Fsp3) is 0.750. The molecule has 0 heterocycles. The predicted molar refractivity (Wildman–Crippen MR) is 44.2 cm³/mol. The highest BCUT2D eigenvalue weighted by Crippen LogP contribution is 2.36. The number of hydrogen-bond donors (Lipinski definition) is 1. The summed E-state index contributed by atoms with van der Waals surface area (Å²) in [6.07, 6.45) is 2.39. The number of amides is 2. The van der Waals surface area contributed by atoms with Crippen molar-refractivity contribution < 1.29 is 9.59 Å². The minimum absolute atomic E-state index is 0.103. The second kappa shape index (κ2) is 2.77. The standard InChI is InChI=1S/C8H14N2O2/c1-6(11)10(2)8(7(9)12)4-3-5-8/h3-5H2,1-2H3,(H2,9,12). The van der Waals surface area contributed by atoms with Gasteiger partial charge in [-0.25, -0.2) is 0 Å². The van der Waals surface area contributed by atoms with Crippen molar-refractivity contribution in [2.24, 2.45) is 5.73 Å². The summed E-state index contributed by atoms with van der Waals surface area (Å²) in [6, 6.07) is 0. The Balaban J connectivity index is 2.80. The Morgan fingerprint density at radius 1 is 1.42 bits per heavy atom. The fourth-order valence-corrected chi connectivity index (χ4v) is 1.56. The number of carbonyl (C=O) groups excluding carboxylic acids is 2. The highest BCUT2D eigenvalue weighted by molar-refractivity contribution is 5.90. The van der Waals surface area contributed by atoms with E-state index in [2.05, 4.69) is 0 Å². The number of carbonyl (C=O) groups is 2. The summed E-state index contributed by atoms with van der Waals surface area (Å²) in [5.41, 5.74) is 4.56. The molecule has 0 saturated heterocycles. The lowest BCUT2D eigenvalue weighted by molar-refractivity contribution is -0.148. The van der Waals surface area contributed by atoms with Crippen LogP contribution in [0.15, 0.2) is 0 Å². The van der Waals surface area contributed by atoms with Crippen molar-refractivity contribution in [3.05, 3.63) is 0 Å². The molecule has 1 aliphatic carbocycles. The van der Waals surface area contributed by atoms with Gasteiger partial charge in [-0.15, -0.1) is 0 Å². The maximum absolute atomic E-state index is 11.1. The van der Waals surface area contributed by atoms with E-state index in [1.807, 2.05) is 0 Å². The third-order valence-electron chi connectivity index (χ3n) is 2.75. The van der Waals surface area contributed by atoms with Gasteiger partial charge < -0.3 is 10.6 Å². The molecule has 0 aromatic rings. The quantitative estimate of drug-likeness (QED) is 0.627. The fourth-order valence-electron chi connectivity index (χ4n) is 1.56. The molecule has 12 heavy (non-hydrogen) atoms. The van der Waals surface area contributed by atoms with Gasteiger partial charge >= 0.3 is 0 Å².